The van der Waals surface area contributed by atoms with Gasteiger partial charge in [-0.3, -0.25) is 4.79 Å². The number of nitrogens with zero attached hydrogens (tertiary/aromatic N) is 1. The average Bonchev–Trinajstić information content (AvgIpc) is 2.69. The fourth-order valence-corrected chi connectivity index (χ4v) is 3.64. The topological polar surface area (TPSA) is 20.3 Å². The Bertz CT molecular complexity index is 860. The van der Waals surface area contributed by atoms with Gasteiger partial charge in [-0.15, -0.1) is 12.4 Å². The summed E-state index contributed by atoms with van der Waals surface area (Å²) in [6.07, 6.45) is 0. The van der Waals surface area contributed by atoms with Crippen LogP contribution in [0.2, 0.25) is 0 Å². The Morgan fingerprint density at radius 2 is 1.29 bits per heavy atom. The number of ketones is 1. The molecule has 0 fully saturated rings. The molecule has 0 aliphatic heterocycles. The van der Waals surface area contributed by atoms with Crippen LogP contribution in [0.15, 0.2) is 84.9 Å². The van der Waals surface area contributed by atoms with Crippen LogP contribution in [0, 0.1) is 12.8 Å². The fourth-order valence-electron chi connectivity index (χ4n) is 3.64. The van der Waals surface area contributed by atoms with Crippen molar-refractivity contribution in [2.45, 2.75) is 12.8 Å². The fraction of sp³-hybridized carbons (Fsp3) is 0.240. The van der Waals surface area contributed by atoms with Crippen molar-refractivity contribution in [2.75, 3.05) is 20.6 Å². The number of halogens is 1. The van der Waals surface area contributed by atoms with Gasteiger partial charge in [-0.05, 0) is 32.1 Å². The Kier molecular flexibility index (Phi) is 7.98. The van der Waals surface area contributed by atoms with Gasteiger partial charge < -0.3 is 4.90 Å². The van der Waals surface area contributed by atoms with Crippen LogP contribution in [0.5, 0.6) is 0 Å². The largest absolute Gasteiger partial charge is 0.309 e. The van der Waals surface area contributed by atoms with E-state index in [-0.39, 0.29) is 30.0 Å². The summed E-state index contributed by atoms with van der Waals surface area (Å²) in [7, 11) is 4.06. The molecule has 0 saturated carbocycles. The molecule has 2 nitrogen and oxygen atoms in total. The van der Waals surface area contributed by atoms with Gasteiger partial charge in [0.25, 0.3) is 0 Å². The molecule has 146 valence electrons. The van der Waals surface area contributed by atoms with Crippen LogP contribution >= 0.6 is 12.4 Å². The third-order valence-corrected chi connectivity index (χ3v) is 4.95. The monoisotopic (exact) mass is 393 g/mol. The lowest BCUT2D eigenvalue weighted by atomic mass is 9.76. The van der Waals surface area contributed by atoms with E-state index in [0.29, 0.717) is 6.54 Å². The highest BCUT2D eigenvalue weighted by Crippen LogP contribution is 2.35. The molecule has 0 radical (unpaired) electrons. The minimum absolute atomic E-state index is 0. The first kappa shape index (κ1) is 21.9. The van der Waals surface area contributed by atoms with Crippen molar-refractivity contribution < 1.29 is 4.79 Å². The molecule has 0 heterocycles. The van der Waals surface area contributed by atoms with E-state index in [1.54, 1.807) is 0 Å². The number of hydrogen-bond acceptors (Lipinski definition) is 2. The normalized spacial score (nSPS) is 12.9. The van der Waals surface area contributed by atoms with E-state index in [9.17, 15) is 4.79 Å². The van der Waals surface area contributed by atoms with Gasteiger partial charge in [0.15, 0.2) is 5.78 Å². The van der Waals surface area contributed by atoms with Crippen molar-refractivity contribution in [1.82, 2.24) is 4.90 Å². The molecule has 0 amide bonds. The number of carbonyl (C=O) groups excluding carboxylic acids is 1. The second kappa shape index (κ2) is 10.2. The van der Waals surface area contributed by atoms with Crippen molar-refractivity contribution in [1.29, 1.82) is 0 Å². The molecule has 3 heteroatoms. The molecular formula is C25H28ClNO. The van der Waals surface area contributed by atoms with Crippen LogP contribution in [0.25, 0.3) is 0 Å². The van der Waals surface area contributed by atoms with E-state index < -0.39 is 0 Å². The number of rotatable bonds is 7. The molecule has 2 unspecified atom stereocenters. The molecule has 0 saturated heterocycles. The standard InChI is InChI=1S/C25H27NO.ClH/c1-19-14-16-21(17-15-19)24(20-10-6-4-7-11-20)23(18-26(2)3)25(27)22-12-8-5-9-13-22;/h4-17,23-24H,18H2,1-3H3;1H. The van der Waals surface area contributed by atoms with E-state index >= 15 is 0 Å². The third kappa shape index (κ3) is 5.31. The van der Waals surface area contributed by atoms with Crippen molar-refractivity contribution in [3.63, 3.8) is 0 Å². The Morgan fingerprint density at radius 1 is 0.786 bits per heavy atom. The van der Waals surface area contributed by atoms with E-state index in [4.69, 9.17) is 0 Å². The lowest BCUT2D eigenvalue weighted by molar-refractivity contribution is 0.0883. The molecule has 2 atom stereocenters. The Hall–Kier alpha value is -2.42. The summed E-state index contributed by atoms with van der Waals surface area (Å²) in [5, 5.41) is 0. The van der Waals surface area contributed by atoms with Crippen LogP contribution in [0.1, 0.15) is 33.0 Å². The smallest absolute Gasteiger partial charge is 0.168 e. The minimum atomic E-state index is -0.160. The Balaban J connectivity index is 0.00000280. The van der Waals surface area contributed by atoms with Crippen LogP contribution in [-0.2, 0) is 0 Å². The van der Waals surface area contributed by atoms with Gasteiger partial charge in [-0.25, -0.2) is 0 Å². The predicted molar refractivity (Wildman–Crippen MR) is 120 cm³/mol. The quantitative estimate of drug-likeness (QED) is 0.486. The zero-order valence-corrected chi connectivity index (χ0v) is 17.5. The highest BCUT2D eigenvalue weighted by molar-refractivity contribution is 5.98. The van der Waals surface area contributed by atoms with Crippen molar-refractivity contribution >= 4 is 18.2 Å². The van der Waals surface area contributed by atoms with Crippen molar-refractivity contribution in [3.8, 4) is 0 Å². The first-order valence-electron chi connectivity index (χ1n) is 9.42. The number of hydrogen-bond donors (Lipinski definition) is 0. The second-order valence-corrected chi connectivity index (χ2v) is 7.40. The number of aryl methyl sites for hydroxylation is 1. The summed E-state index contributed by atoms with van der Waals surface area (Å²) < 4.78 is 0. The summed E-state index contributed by atoms with van der Waals surface area (Å²) in [6.45, 7) is 2.79. The molecule has 0 aliphatic rings. The highest BCUT2D eigenvalue weighted by Gasteiger charge is 2.32. The first-order chi connectivity index (χ1) is 13.1. The molecule has 0 aliphatic carbocycles. The zero-order chi connectivity index (χ0) is 19.2. The molecule has 28 heavy (non-hydrogen) atoms. The van der Waals surface area contributed by atoms with Gasteiger partial charge >= 0.3 is 0 Å². The number of carbonyl (C=O) groups is 1. The van der Waals surface area contributed by atoms with E-state index in [1.807, 2.05) is 50.5 Å². The molecule has 0 spiro atoms. The summed E-state index contributed by atoms with van der Waals surface area (Å²) in [5.41, 5.74) is 4.36. The highest BCUT2D eigenvalue weighted by atomic mass is 35.5. The molecule has 0 bridgehead atoms. The number of Topliss-reactive ketones (excluding diaryl/α,β-unsaturated/α-hetero) is 1. The second-order valence-electron chi connectivity index (χ2n) is 7.40. The molecule has 0 aromatic heterocycles. The number of benzene rings is 3. The van der Waals surface area contributed by atoms with Crippen molar-refractivity contribution in [2.24, 2.45) is 5.92 Å². The summed E-state index contributed by atoms with van der Waals surface area (Å²) in [4.78, 5) is 15.6. The van der Waals surface area contributed by atoms with Gasteiger partial charge in [-0.1, -0.05) is 90.5 Å². The maximum atomic E-state index is 13.5. The van der Waals surface area contributed by atoms with Crippen molar-refractivity contribution in [3.05, 3.63) is 107 Å². The maximum absolute atomic E-state index is 13.5. The summed E-state index contributed by atoms with van der Waals surface area (Å²) in [5.74, 6) is 0.0492. The SMILES string of the molecule is Cc1ccc(C(c2ccccc2)C(CN(C)C)C(=O)c2ccccc2)cc1.Cl. The summed E-state index contributed by atoms with van der Waals surface area (Å²) >= 11 is 0. The molecule has 0 N–H and O–H groups in total. The molecule has 3 aromatic rings. The Morgan fingerprint density at radius 3 is 1.82 bits per heavy atom. The van der Waals surface area contributed by atoms with Gasteiger partial charge in [0.1, 0.15) is 0 Å². The molecule has 3 aromatic carbocycles. The van der Waals surface area contributed by atoms with Crippen LogP contribution < -0.4 is 0 Å². The van der Waals surface area contributed by atoms with E-state index in [2.05, 4.69) is 60.4 Å². The van der Waals surface area contributed by atoms with Crippen LogP contribution in [0.4, 0.5) is 0 Å². The molecule has 3 rings (SSSR count). The lowest BCUT2D eigenvalue weighted by Crippen LogP contribution is -2.33. The Labute approximate surface area is 174 Å². The molecular weight excluding hydrogens is 366 g/mol. The van der Waals surface area contributed by atoms with Crippen LogP contribution in [-0.4, -0.2) is 31.3 Å². The third-order valence-electron chi connectivity index (χ3n) is 4.95. The first-order valence-corrected chi connectivity index (χ1v) is 9.42. The average molecular weight is 394 g/mol. The van der Waals surface area contributed by atoms with E-state index in [1.165, 1.54) is 16.7 Å². The summed E-state index contributed by atoms with van der Waals surface area (Å²) in [6, 6.07) is 28.6. The minimum Gasteiger partial charge on any atom is -0.309 e. The van der Waals surface area contributed by atoms with Gasteiger partial charge in [0.05, 0.1) is 0 Å². The maximum Gasteiger partial charge on any atom is 0.168 e. The zero-order valence-electron chi connectivity index (χ0n) is 16.7. The van der Waals surface area contributed by atoms with Gasteiger partial charge in [-0.2, -0.15) is 0 Å². The van der Waals surface area contributed by atoms with Crippen LogP contribution in [0.3, 0.4) is 0 Å². The lowest BCUT2D eigenvalue weighted by Gasteiger charge is -2.29. The van der Waals surface area contributed by atoms with Gasteiger partial charge in [0.2, 0.25) is 0 Å². The predicted octanol–water partition coefficient (Wildman–Crippen LogP) is 5.61. The van der Waals surface area contributed by atoms with Gasteiger partial charge in [0, 0.05) is 23.9 Å². The van der Waals surface area contributed by atoms with E-state index in [0.717, 1.165) is 5.56 Å².